The average Bonchev–Trinajstić information content (AvgIpc) is 3.04. The van der Waals surface area contributed by atoms with Crippen LogP contribution in [0.3, 0.4) is 0 Å². The van der Waals surface area contributed by atoms with Crippen molar-refractivity contribution in [3.63, 3.8) is 0 Å². The maximum atomic E-state index is 12.6. The van der Waals surface area contributed by atoms with E-state index in [0.29, 0.717) is 24.2 Å². The number of carbonyl (C=O) groups excluding carboxylic acids is 4. The van der Waals surface area contributed by atoms with Gasteiger partial charge < -0.3 is 10.1 Å². The number of esters is 1. The Morgan fingerprint density at radius 3 is 2.10 bits per heavy atom. The Labute approximate surface area is 187 Å². The van der Waals surface area contributed by atoms with Gasteiger partial charge >= 0.3 is 5.97 Å². The number of halogens is 1. The molecule has 1 heterocycles. The quantitative estimate of drug-likeness (QED) is 0.398. The first-order valence-electron chi connectivity index (χ1n) is 9.79. The van der Waals surface area contributed by atoms with E-state index in [1.165, 1.54) is 17.0 Å². The van der Waals surface area contributed by atoms with Crippen LogP contribution in [0.4, 0.5) is 11.4 Å². The van der Waals surface area contributed by atoms with Crippen LogP contribution in [0.5, 0.6) is 0 Å². The summed E-state index contributed by atoms with van der Waals surface area (Å²) in [7, 11) is 0. The molecule has 4 rings (SSSR count). The lowest BCUT2D eigenvalue weighted by Gasteiger charge is -2.15. The first-order valence-corrected chi connectivity index (χ1v) is 10.6. The molecule has 1 fully saturated rings. The minimum atomic E-state index is -0.672. The highest BCUT2D eigenvalue weighted by molar-refractivity contribution is 9.10. The number of imide groups is 1. The fraction of sp³-hybridized carbons (Fsp3) is 0.217. The smallest absolute Gasteiger partial charge is 0.338 e. The number of hydrogen-bond donors (Lipinski definition) is 1. The maximum Gasteiger partial charge on any atom is 0.338 e. The average molecular weight is 483 g/mol. The number of benzene rings is 2. The number of ether oxygens (including phenoxy) is 1. The van der Waals surface area contributed by atoms with Crippen molar-refractivity contribution in [1.82, 2.24) is 0 Å². The van der Waals surface area contributed by atoms with E-state index in [4.69, 9.17) is 4.74 Å². The first kappa shape index (κ1) is 21.0. The molecule has 2 aliphatic rings. The van der Waals surface area contributed by atoms with Crippen LogP contribution in [-0.2, 0) is 19.1 Å². The predicted molar refractivity (Wildman–Crippen MR) is 117 cm³/mol. The highest BCUT2D eigenvalue weighted by atomic mass is 79.9. The second-order valence-electron chi connectivity index (χ2n) is 7.35. The van der Waals surface area contributed by atoms with Gasteiger partial charge in [-0.1, -0.05) is 28.1 Å². The van der Waals surface area contributed by atoms with Crippen LogP contribution in [0.1, 0.15) is 23.2 Å². The number of carbonyl (C=O) groups is 4. The molecule has 7 nitrogen and oxygen atoms in total. The van der Waals surface area contributed by atoms with Crippen molar-refractivity contribution in [1.29, 1.82) is 0 Å². The molecular weight excluding hydrogens is 464 g/mol. The molecule has 0 bridgehead atoms. The normalized spacial score (nSPS) is 19.8. The zero-order valence-corrected chi connectivity index (χ0v) is 18.0. The largest absolute Gasteiger partial charge is 0.452 e. The fourth-order valence-corrected chi connectivity index (χ4v) is 4.01. The Hall–Kier alpha value is -3.26. The van der Waals surface area contributed by atoms with Gasteiger partial charge in [-0.05, 0) is 61.4 Å². The number of nitrogens with one attached hydrogen (secondary N) is 1. The number of allylic oxidation sites excluding steroid dienone is 2. The van der Waals surface area contributed by atoms with E-state index in [2.05, 4.69) is 21.2 Å². The molecule has 1 saturated heterocycles. The summed E-state index contributed by atoms with van der Waals surface area (Å²) in [5.74, 6) is -2.18. The summed E-state index contributed by atoms with van der Waals surface area (Å²) in [5, 5.41) is 2.63. The highest BCUT2D eigenvalue weighted by Crippen LogP contribution is 2.37. The maximum absolute atomic E-state index is 12.6. The number of amides is 3. The Kier molecular flexibility index (Phi) is 5.99. The van der Waals surface area contributed by atoms with Crippen molar-refractivity contribution in [2.24, 2.45) is 11.8 Å². The third-order valence-electron chi connectivity index (χ3n) is 5.33. The highest BCUT2D eigenvalue weighted by Gasteiger charge is 2.47. The lowest BCUT2D eigenvalue weighted by Crippen LogP contribution is -2.30. The van der Waals surface area contributed by atoms with E-state index in [1.807, 2.05) is 12.2 Å². The van der Waals surface area contributed by atoms with E-state index in [-0.39, 0.29) is 29.2 Å². The van der Waals surface area contributed by atoms with Crippen LogP contribution in [0.25, 0.3) is 0 Å². The number of anilines is 2. The molecule has 1 aliphatic heterocycles. The van der Waals surface area contributed by atoms with Gasteiger partial charge in [0.25, 0.3) is 5.91 Å². The number of hydrogen-bond acceptors (Lipinski definition) is 5. The number of rotatable bonds is 5. The molecule has 0 unspecified atom stereocenters. The lowest BCUT2D eigenvalue weighted by atomic mass is 9.85. The molecule has 31 heavy (non-hydrogen) atoms. The van der Waals surface area contributed by atoms with Gasteiger partial charge in [0.1, 0.15) is 0 Å². The first-order chi connectivity index (χ1) is 14.9. The topological polar surface area (TPSA) is 92.8 Å². The number of nitrogens with zero attached hydrogens (tertiary/aromatic N) is 1. The zero-order valence-electron chi connectivity index (χ0n) is 16.4. The molecule has 0 spiro atoms. The molecule has 2 aromatic rings. The molecule has 0 aromatic heterocycles. The van der Waals surface area contributed by atoms with Gasteiger partial charge in [0, 0.05) is 10.2 Å². The van der Waals surface area contributed by atoms with E-state index in [1.54, 1.807) is 36.4 Å². The molecular formula is C23H19BrN2O5. The van der Waals surface area contributed by atoms with Gasteiger partial charge in [-0.15, -0.1) is 0 Å². The van der Waals surface area contributed by atoms with Gasteiger partial charge in [0.15, 0.2) is 6.61 Å². The summed E-state index contributed by atoms with van der Waals surface area (Å²) < 4.78 is 5.94. The Bertz CT molecular complexity index is 1040. The predicted octanol–water partition coefficient (Wildman–Crippen LogP) is 3.70. The molecule has 158 valence electrons. The van der Waals surface area contributed by atoms with Gasteiger partial charge in [-0.25, -0.2) is 4.79 Å². The van der Waals surface area contributed by atoms with Gasteiger partial charge in [-0.2, -0.15) is 0 Å². The standard InChI is InChI=1S/C23H19BrN2O5/c24-15-7-9-16(10-8-15)25-20(27)13-31-23(30)14-5-11-17(12-6-14)26-21(28)18-3-1-2-4-19(18)22(26)29/h1-2,5-12,18-19H,3-4,13H2,(H,25,27)/t18-,19+. The van der Waals surface area contributed by atoms with E-state index in [9.17, 15) is 19.2 Å². The van der Waals surface area contributed by atoms with Crippen LogP contribution in [-0.4, -0.2) is 30.3 Å². The third-order valence-corrected chi connectivity index (χ3v) is 5.86. The van der Waals surface area contributed by atoms with Gasteiger partial charge in [-0.3, -0.25) is 19.3 Å². The minimum Gasteiger partial charge on any atom is -0.452 e. The van der Waals surface area contributed by atoms with Crippen molar-refractivity contribution >= 4 is 51.0 Å². The fourth-order valence-electron chi connectivity index (χ4n) is 3.75. The molecule has 1 N–H and O–H groups in total. The van der Waals surface area contributed by atoms with Crippen LogP contribution < -0.4 is 10.2 Å². The van der Waals surface area contributed by atoms with Gasteiger partial charge in [0.2, 0.25) is 11.8 Å². The van der Waals surface area contributed by atoms with Gasteiger partial charge in [0.05, 0.1) is 23.1 Å². The Morgan fingerprint density at radius 2 is 1.52 bits per heavy atom. The summed E-state index contributed by atoms with van der Waals surface area (Å²) >= 11 is 3.31. The third kappa shape index (κ3) is 4.44. The summed E-state index contributed by atoms with van der Waals surface area (Å²) in [6.45, 7) is -0.434. The van der Waals surface area contributed by atoms with E-state index < -0.39 is 18.5 Å². The SMILES string of the molecule is O=C(COC(=O)c1ccc(N2C(=O)[C@H]3CC=CC[C@H]3C2=O)cc1)Nc1ccc(Br)cc1. The minimum absolute atomic E-state index is 0.209. The van der Waals surface area contributed by atoms with Crippen molar-refractivity contribution in [2.75, 3.05) is 16.8 Å². The van der Waals surface area contributed by atoms with Crippen LogP contribution in [0.2, 0.25) is 0 Å². The molecule has 1 aliphatic carbocycles. The summed E-state index contributed by atoms with van der Waals surface area (Å²) in [6, 6.07) is 13.0. The van der Waals surface area contributed by atoms with E-state index >= 15 is 0 Å². The molecule has 0 radical (unpaired) electrons. The summed E-state index contributed by atoms with van der Waals surface area (Å²) in [5.41, 5.74) is 1.23. The van der Waals surface area contributed by atoms with Crippen molar-refractivity contribution in [3.05, 3.63) is 70.7 Å². The van der Waals surface area contributed by atoms with E-state index in [0.717, 1.165) is 4.47 Å². The van der Waals surface area contributed by atoms with Crippen LogP contribution >= 0.6 is 15.9 Å². The monoisotopic (exact) mass is 482 g/mol. The molecule has 8 heteroatoms. The molecule has 2 atom stereocenters. The Balaban J connectivity index is 1.35. The molecule has 3 amide bonds. The molecule has 0 saturated carbocycles. The second kappa shape index (κ2) is 8.85. The van der Waals surface area contributed by atoms with Crippen molar-refractivity contribution in [3.8, 4) is 0 Å². The zero-order chi connectivity index (χ0) is 22.0. The molecule has 2 aromatic carbocycles. The lowest BCUT2D eigenvalue weighted by molar-refractivity contribution is -0.122. The van der Waals surface area contributed by atoms with Crippen LogP contribution in [0, 0.1) is 11.8 Å². The Morgan fingerprint density at radius 1 is 0.935 bits per heavy atom. The van der Waals surface area contributed by atoms with Crippen LogP contribution in [0.15, 0.2) is 65.2 Å². The van der Waals surface area contributed by atoms with Crippen molar-refractivity contribution in [2.45, 2.75) is 12.8 Å². The number of fused-ring (bicyclic) bond motifs is 1. The summed E-state index contributed by atoms with van der Waals surface area (Å²) in [4.78, 5) is 50.7. The summed E-state index contributed by atoms with van der Waals surface area (Å²) in [6.07, 6.45) is 5.00. The van der Waals surface area contributed by atoms with Crippen molar-refractivity contribution < 1.29 is 23.9 Å². The second-order valence-corrected chi connectivity index (χ2v) is 8.26.